The molecule has 6 nitrogen and oxygen atoms in total. The van der Waals surface area contributed by atoms with Crippen molar-refractivity contribution < 1.29 is 13.6 Å². The summed E-state index contributed by atoms with van der Waals surface area (Å²) in [6.45, 7) is 1.41. The number of carbonyl (C=O) groups is 1. The lowest BCUT2D eigenvalue weighted by molar-refractivity contribution is 0.0760. The Labute approximate surface area is 143 Å². The van der Waals surface area contributed by atoms with Crippen LogP contribution in [0.2, 0.25) is 0 Å². The number of nitrogens with one attached hydrogen (secondary N) is 1. The van der Waals surface area contributed by atoms with Gasteiger partial charge in [0, 0.05) is 24.9 Å². The van der Waals surface area contributed by atoms with E-state index in [2.05, 4.69) is 10.2 Å². The molecule has 1 N–H and O–H groups in total. The van der Waals surface area contributed by atoms with Crippen molar-refractivity contribution in [3.8, 4) is 11.5 Å². The first-order valence-electron chi connectivity index (χ1n) is 7.85. The summed E-state index contributed by atoms with van der Waals surface area (Å²) in [7, 11) is 0. The fraction of sp³-hybridized carbons (Fsp3) is 0.294. The highest BCUT2D eigenvalue weighted by Gasteiger charge is 2.25. The van der Waals surface area contributed by atoms with Gasteiger partial charge in [-0.1, -0.05) is 0 Å². The quantitative estimate of drug-likeness (QED) is 0.786. The van der Waals surface area contributed by atoms with E-state index >= 15 is 0 Å². The Morgan fingerprint density at radius 3 is 2.92 bits per heavy atom. The number of rotatable bonds is 3. The largest absolute Gasteiger partial charge is 0.468 e. The summed E-state index contributed by atoms with van der Waals surface area (Å²) in [5.74, 6) is 2.48. The van der Waals surface area contributed by atoms with Crippen LogP contribution in [0, 0.1) is 0 Å². The molecule has 1 aliphatic heterocycles. The van der Waals surface area contributed by atoms with E-state index in [1.54, 1.807) is 24.7 Å². The maximum atomic E-state index is 12.7. The second-order valence-electron chi connectivity index (χ2n) is 5.60. The number of hydrogen-bond acceptors (Lipinski definition) is 5. The molecule has 0 aliphatic carbocycles. The summed E-state index contributed by atoms with van der Waals surface area (Å²) >= 11 is 1.83. The van der Waals surface area contributed by atoms with Crippen molar-refractivity contribution in [1.82, 2.24) is 15.1 Å². The van der Waals surface area contributed by atoms with E-state index in [1.165, 1.54) is 0 Å². The Hall–Kier alpha value is -2.41. The molecule has 0 radical (unpaired) electrons. The Morgan fingerprint density at radius 2 is 2.12 bits per heavy atom. The number of hydrogen-bond donors (Lipinski definition) is 1. The number of thioether (sulfide) groups is 1. The molecule has 4 heterocycles. The monoisotopic (exact) mass is 343 g/mol. The molecule has 1 fully saturated rings. The van der Waals surface area contributed by atoms with E-state index in [0.717, 1.165) is 17.9 Å². The van der Waals surface area contributed by atoms with Crippen molar-refractivity contribution in [2.24, 2.45) is 0 Å². The van der Waals surface area contributed by atoms with Gasteiger partial charge in [-0.15, -0.1) is 11.8 Å². The first-order chi connectivity index (χ1) is 11.8. The highest BCUT2D eigenvalue weighted by molar-refractivity contribution is 7.99. The molecule has 3 aromatic heterocycles. The summed E-state index contributed by atoms with van der Waals surface area (Å²) in [4.78, 5) is 14.6. The number of furan rings is 2. The molecule has 1 aliphatic rings. The van der Waals surface area contributed by atoms with Crippen LogP contribution in [0.1, 0.15) is 27.9 Å². The number of amides is 1. The van der Waals surface area contributed by atoms with E-state index in [-0.39, 0.29) is 5.91 Å². The molecule has 0 bridgehead atoms. The molecule has 4 rings (SSSR count). The van der Waals surface area contributed by atoms with Crippen molar-refractivity contribution in [3.05, 3.63) is 54.3 Å². The van der Waals surface area contributed by atoms with Gasteiger partial charge >= 0.3 is 0 Å². The minimum absolute atomic E-state index is 0.0512. The average Bonchev–Trinajstić information content (AvgIpc) is 3.33. The highest BCUT2D eigenvalue weighted by Crippen LogP contribution is 2.34. The van der Waals surface area contributed by atoms with Crippen LogP contribution in [-0.4, -0.2) is 39.8 Å². The highest BCUT2D eigenvalue weighted by atomic mass is 32.2. The van der Waals surface area contributed by atoms with Gasteiger partial charge in [-0.3, -0.25) is 9.89 Å². The van der Waals surface area contributed by atoms with Crippen LogP contribution in [0.4, 0.5) is 0 Å². The molecule has 0 aromatic carbocycles. The maximum absolute atomic E-state index is 12.7. The van der Waals surface area contributed by atoms with Crippen LogP contribution in [0.15, 0.2) is 51.7 Å². The minimum atomic E-state index is -0.0512. The summed E-state index contributed by atoms with van der Waals surface area (Å²) in [5.41, 5.74) is 1.13. The molecule has 1 amide bonds. The lowest BCUT2D eigenvalue weighted by atomic mass is 10.2. The van der Waals surface area contributed by atoms with Crippen LogP contribution in [0.5, 0.6) is 0 Å². The van der Waals surface area contributed by atoms with Gasteiger partial charge in [0.2, 0.25) is 0 Å². The van der Waals surface area contributed by atoms with E-state index < -0.39 is 0 Å². The first kappa shape index (κ1) is 15.1. The zero-order valence-corrected chi connectivity index (χ0v) is 13.8. The molecule has 3 aromatic rings. The first-order valence-corrected chi connectivity index (χ1v) is 8.90. The number of carbonyl (C=O) groups excluding carboxylic acids is 1. The Balaban J connectivity index is 1.45. The van der Waals surface area contributed by atoms with E-state index in [1.807, 2.05) is 34.9 Å². The van der Waals surface area contributed by atoms with Crippen molar-refractivity contribution >= 4 is 17.7 Å². The predicted molar refractivity (Wildman–Crippen MR) is 90.7 cm³/mol. The minimum Gasteiger partial charge on any atom is -0.468 e. The molecule has 24 heavy (non-hydrogen) atoms. The second-order valence-corrected chi connectivity index (χ2v) is 6.91. The van der Waals surface area contributed by atoms with Crippen LogP contribution in [0.3, 0.4) is 0 Å². The number of nitrogens with zero attached hydrogens (tertiary/aromatic N) is 2. The van der Waals surface area contributed by atoms with Crippen LogP contribution < -0.4 is 0 Å². The molecule has 124 valence electrons. The average molecular weight is 343 g/mol. The van der Waals surface area contributed by atoms with Crippen molar-refractivity contribution in [3.63, 3.8) is 0 Å². The fourth-order valence-corrected chi connectivity index (χ4v) is 4.01. The number of H-pyrrole nitrogens is 1. The van der Waals surface area contributed by atoms with Crippen LogP contribution in [-0.2, 0) is 0 Å². The predicted octanol–water partition coefficient (Wildman–Crippen LogP) is 3.58. The van der Waals surface area contributed by atoms with Gasteiger partial charge in [0.15, 0.2) is 11.5 Å². The molecule has 7 heteroatoms. The summed E-state index contributed by atoms with van der Waals surface area (Å²) in [6, 6.07) is 9.28. The standard InChI is InChI=1S/C17H17N3O3S/c21-17(13-11-12(18-19-13)14-3-1-8-22-14)20-6-5-16(24-10-7-20)15-4-2-9-23-15/h1-4,8-9,11,16H,5-7,10H2,(H,18,19)/t16-/m1/s1. The van der Waals surface area contributed by atoms with Gasteiger partial charge in [-0.05, 0) is 30.7 Å². The maximum Gasteiger partial charge on any atom is 0.274 e. The third-order valence-electron chi connectivity index (χ3n) is 4.07. The van der Waals surface area contributed by atoms with Crippen molar-refractivity contribution in [2.45, 2.75) is 11.7 Å². The lowest BCUT2D eigenvalue weighted by Crippen LogP contribution is -2.33. The lowest BCUT2D eigenvalue weighted by Gasteiger charge is -2.18. The molecular formula is C17H17N3O3S. The fourth-order valence-electron chi connectivity index (χ4n) is 2.83. The van der Waals surface area contributed by atoms with Gasteiger partial charge in [-0.2, -0.15) is 5.10 Å². The van der Waals surface area contributed by atoms with Crippen LogP contribution >= 0.6 is 11.8 Å². The Bertz CT molecular complexity index is 795. The van der Waals surface area contributed by atoms with Crippen molar-refractivity contribution in [1.29, 1.82) is 0 Å². The molecule has 0 unspecified atom stereocenters. The summed E-state index contributed by atoms with van der Waals surface area (Å²) in [6.07, 6.45) is 4.17. The van der Waals surface area contributed by atoms with Crippen molar-refractivity contribution in [2.75, 3.05) is 18.8 Å². The number of aromatic amines is 1. The molecule has 0 saturated carbocycles. The van der Waals surface area contributed by atoms with Gasteiger partial charge in [-0.25, -0.2) is 0 Å². The second kappa shape index (κ2) is 6.60. The normalized spacial score (nSPS) is 18.5. The number of aromatic nitrogens is 2. The smallest absolute Gasteiger partial charge is 0.274 e. The van der Waals surface area contributed by atoms with Gasteiger partial charge in [0.05, 0.1) is 17.8 Å². The third kappa shape index (κ3) is 2.99. The summed E-state index contributed by atoms with van der Waals surface area (Å²) < 4.78 is 10.8. The summed E-state index contributed by atoms with van der Waals surface area (Å²) in [5, 5.41) is 7.31. The van der Waals surface area contributed by atoms with Gasteiger partial charge < -0.3 is 13.7 Å². The Kier molecular flexibility index (Phi) is 4.17. The van der Waals surface area contributed by atoms with E-state index in [9.17, 15) is 4.79 Å². The van der Waals surface area contributed by atoms with E-state index in [4.69, 9.17) is 8.83 Å². The SMILES string of the molecule is O=C(c1cc(-c2ccco2)[nH]n1)N1CCS[C@@H](c2ccco2)CC1. The molecule has 1 atom stereocenters. The zero-order chi connectivity index (χ0) is 16.4. The zero-order valence-electron chi connectivity index (χ0n) is 13.0. The molecule has 0 spiro atoms. The van der Waals surface area contributed by atoms with E-state index in [0.29, 0.717) is 35.5 Å². The molecule has 1 saturated heterocycles. The van der Waals surface area contributed by atoms with Gasteiger partial charge in [0.1, 0.15) is 11.5 Å². The van der Waals surface area contributed by atoms with Gasteiger partial charge in [0.25, 0.3) is 5.91 Å². The van der Waals surface area contributed by atoms with Crippen LogP contribution in [0.25, 0.3) is 11.5 Å². The topological polar surface area (TPSA) is 75.3 Å². The molecular weight excluding hydrogens is 326 g/mol. The Morgan fingerprint density at radius 1 is 1.25 bits per heavy atom. The third-order valence-corrected chi connectivity index (χ3v) is 5.36.